The van der Waals surface area contributed by atoms with Gasteiger partial charge in [0.15, 0.2) is 0 Å². The van der Waals surface area contributed by atoms with Crippen molar-refractivity contribution in [3.8, 4) is 0 Å². The van der Waals surface area contributed by atoms with Gasteiger partial charge in [0.2, 0.25) is 0 Å². The summed E-state index contributed by atoms with van der Waals surface area (Å²) in [6, 6.07) is 0. The number of hydrogen-bond donors (Lipinski definition) is 2. The number of carbonyl (C=O) groups excluding carboxylic acids is 1. The molecule has 0 radical (unpaired) electrons. The third-order valence-electron chi connectivity index (χ3n) is 1.18. The molecule has 0 aromatic rings. The lowest BCUT2D eigenvalue weighted by atomic mass is 10.3. The first kappa shape index (κ1) is 11.5. The zero-order chi connectivity index (χ0) is 10.1. The number of hydrogen-bond acceptors (Lipinski definition) is 4. The van der Waals surface area contributed by atoms with Crippen molar-refractivity contribution in [1.29, 1.82) is 0 Å². The predicted octanol–water partition coefficient (Wildman–Crippen LogP) is 0.557. The second-order valence-corrected chi connectivity index (χ2v) is 2.24. The molecular formula is C8H13N3O2. The molecule has 0 aromatic heterocycles. The van der Waals surface area contributed by atoms with E-state index in [1.165, 1.54) is 17.9 Å². The van der Waals surface area contributed by atoms with Gasteiger partial charge in [-0.25, -0.2) is 5.48 Å². The maximum Gasteiger partial charge on any atom is 0.277 e. The smallest absolute Gasteiger partial charge is 0.277 e. The molecule has 13 heavy (non-hydrogen) atoms. The largest absolute Gasteiger partial charge is 0.292 e. The first-order valence-electron chi connectivity index (χ1n) is 3.86. The highest BCUT2D eigenvalue weighted by molar-refractivity contribution is 6.11. The van der Waals surface area contributed by atoms with Crippen molar-refractivity contribution >= 4 is 18.8 Å². The highest BCUT2D eigenvalue weighted by Gasteiger charge is 2.03. The molecule has 0 aromatic carbocycles. The van der Waals surface area contributed by atoms with Crippen molar-refractivity contribution in [1.82, 2.24) is 5.48 Å². The molecule has 0 heterocycles. The highest BCUT2D eigenvalue weighted by atomic mass is 16.5. The molecule has 72 valence electrons. The van der Waals surface area contributed by atoms with E-state index in [9.17, 15) is 4.79 Å². The Balaban J connectivity index is 4.35. The molecule has 0 fully saturated rings. The standard InChI is InChI=1S/C8H13N3O2/c1-3-4-10-6-7(5-9-2)8(12)11-13/h5-6,13H,2-4H2,1H3,(H,11,12)/b7-5+,10-6?. The van der Waals surface area contributed by atoms with Crippen molar-refractivity contribution in [3.05, 3.63) is 11.8 Å². The molecule has 0 spiro atoms. The Kier molecular flexibility index (Phi) is 6.35. The van der Waals surface area contributed by atoms with Crippen LogP contribution in [0, 0.1) is 0 Å². The van der Waals surface area contributed by atoms with Crippen molar-refractivity contribution < 1.29 is 10.0 Å². The van der Waals surface area contributed by atoms with E-state index in [2.05, 4.69) is 16.7 Å². The van der Waals surface area contributed by atoms with Gasteiger partial charge < -0.3 is 0 Å². The van der Waals surface area contributed by atoms with Gasteiger partial charge in [0.25, 0.3) is 5.91 Å². The lowest BCUT2D eigenvalue weighted by Crippen LogP contribution is -2.21. The molecule has 1 amide bonds. The summed E-state index contributed by atoms with van der Waals surface area (Å²) in [7, 11) is 0. The van der Waals surface area contributed by atoms with Gasteiger partial charge in [-0.15, -0.1) is 0 Å². The molecular weight excluding hydrogens is 170 g/mol. The lowest BCUT2D eigenvalue weighted by molar-refractivity contribution is -0.124. The molecule has 0 aliphatic rings. The lowest BCUT2D eigenvalue weighted by Gasteiger charge is -1.96. The fourth-order valence-corrected chi connectivity index (χ4v) is 0.605. The summed E-state index contributed by atoms with van der Waals surface area (Å²) in [5.41, 5.74) is 1.66. The molecule has 0 saturated heterocycles. The summed E-state index contributed by atoms with van der Waals surface area (Å²) in [6.45, 7) is 5.80. The third-order valence-corrected chi connectivity index (χ3v) is 1.18. The van der Waals surface area contributed by atoms with Crippen LogP contribution in [-0.2, 0) is 4.79 Å². The van der Waals surface area contributed by atoms with E-state index in [1.54, 1.807) is 0 Å². The monoisotopic (exact) mass is 183 g/mol. The van der Waals surface area contributed by atoms with Gasteiger partial charge in [0, 0.05) is 19.0 Å². The van der Waals surface area contributed by atoms with E-state index >= 15 is 0 Å². The minimum absolute atomic E-state index is 0.172. The van der Waals surface area contributed by atoms with Crippen molar-refractivity contribution in [2.75, 3.05) is 6.54 Å². The first-order chi connectivity index (χ1) is 6.26. The van der Waals surface area contributed by atoms with E-state index in [0.29, 0.717) is 6.54 Å². The number of rotatable bonds is 5. The van der Waals surface area contributed by atoms with E-state index in [4.69, 9.17) is 5.21 Å². The molecule has 0 unspecified atom stereocenters. The van der Waals surface area contributed by atoms with Crippen LogP contribution in [0.25, 0.3) is 0 Å². The summed E-state index contributed by atoms with van der Waals surface area (Å²) < 4.78 is 0. The maximum absolute atomic E-state index is 10.9. The molecule has 0 atom stereocenters. The van der Waals surface area contributed by atoms with Gasteiger partial charge in [0.05, 0.1) is 5.57 Å². The maximum atomic E-state index is 10.9. The Morgan fingerprint density at radius 1 is 1.69 bits per heavy atom. The first-order valence-corrected chi connectivity index (χ1v) is 3.86. The zero-order valence-corrected chi connectivity index (χ0v) is 7.53. The van der Waals surface area contributed by atoms with Crippen LogP contribution in [0.2, 0.25) is 0 Å². The fraction of sp³-hybridized carbons (Fsp3) is 0.375. The van der Waals surface area contributed by atoms with E-state index < -0.39 is 5.91 Å². The molecule has 5 nitrogen and oxygen atoms in total. The topological polar surface area (TPSA) is 74.0 Å². The van der Waals surface area contributed by atoms with Gasteiger partial charge >= 0.3 is 0 Å². The molecule has 2 N–H and O–H groups in total. The van der Waals surface area contributed by atoms with Gasteiger partial charge in [-0.1, -0.05) is 6.92 Å². The number of nitrogens with one attached hydrogen (secondary N) is 1. The van der Waals surface area contributed by atoms with E-state index in [0.717, 1.165) is 6.42 Å². The predicted molar refractivity (Wildman–Crippen MR) is 51.2 cm³/mol. The Morgan fingerprint density at radius 2 is 2.38 bits per heavy atom. The van der Waals surface area contributed by atoms with Crippen LogP contribution in [0.4, 0.5) is 0 Å². The summed E-state index contributed by atoms with van der Waals surface area (Å²) in [4.78, 5) is 18.2. The summed E-state index contributed by atoms with van der Waals surface area (Å²) in [5, 5.41) is 8.32. The molecule has 0 saturated carbocycles. The summed E-state index contributed by atoms with van der Waals surface area (Å²) in [6.07, 6.45) is 3.47. The van der Waals surface area contributed by atoms with Crippen LogP contribution in [0.1, 0.15) is 13.3 Å². The van der Waals surface area contributed by atoms with E-state index in [1.807, 2.05) is 6.92 Å². The Hall–Kier alpha value is -1.49. The number of aliphatic imine (C=N–C) groups is 2. The van der Waals surface area contributed by atoms with Gasteiger partial charge in [-0.3, -0.25) is 20.0 Å². The van der Waals surface area contributed by atoms with Gasteiger partial charge in [0.1, 0.15) is 0 Å². The van der Waals surface area contributed by atoms with E-state index in [-0.39, 0.29) is 5.57 Å². The number of nitrogens with zero attached hydrogens (tertiary/aromatic N) is 2. The average molecular weight is 183 g/mol. The number of hydroxylamine groups is 1. The fourth-order valence-electron chi connectivity index (χ4n) is 0.605. The van der Waals surface area contributed by atoms with Crippen LogP contribution in [0.15, 0.2) is 21.8 Å². The van der Waals surface area contributed by atoms with Crippen LogP contribution in [0.3, 0.4) is 0 Å². The Labute approximate surface area is 76.9 Å². The average Bonchev–Trinajstić information content (AvgIpc) is 2.16. The van der Waals surface area contributed by atoms with Crippen molar-refractivity contribution in [2.45, 2.75) is 13.3 Å². The summed E-state index contributed by atoms with van der Waals surface area (Å²) in [5.74, 6) is -0.646. The Morgan fingerprint density at radius 3 is 2.85 bits per heavy atom. The van der Waals surface area contributed by atoms with Crippen LogP contribution >= 0.6 is 0 Å². The second-order valence-electron chi connectivity index (χ2n) is 2.24. The molecule has 0 aliphatic heterocycles. The minimum atomic E-state index is -0.646. The van der Waals surface area contributed by atoms with Gasteiger partial charge in [-0.05, 0) is 13.1 Å². The SMILES string of the molecule is C=N/C=C(\C=NCCC)C(=O)NO. The van der Waals surface area contributed by atoms with Crippen LogP contribution < -0.4 is 5.48 Å². The Bertz CT molecular complexity index is 234. The number of carbonyl (C=O) groups is 1. The van der Waals surface area contributed by atoms with Crippen LogP contribution in [0.5, 0.6) is 0 Å². The normalized spacial score (nSPS) is 11.7. The molecule has 0 bridgehead atoms. The van der Waals surface area contributed by atoms with Crippen LogP contribution in [-0.4, -0.2) is 30.6 Å². The number of amides is 1. The summed E-state index contributed by atoms with van der Waals surface area (Å²) >= 11 is 0. The van der Waals surface area contributed by atoms with Crippen molar-refractivity contribution in [2.24, 2.45) is 9.98 Å². The molecule has 0 rings (SSSR count). The third kappa shape index (κ3) is 4.86. The minimum Gasteiger partial charge on any atom is -0.292 e. The second kappa shape index (κ2) is 7.17. The van der Waals surface area contributed by atoms with Crippen molar-refractivity contribution in [3.63, 3.8) is 0 Å². The highest BCUT2D eigenvalue weighted by Crippen LogP contribution is 1.91. The zero-order valence-electron chi connectivity index (χ0n) is 7.53. The molecule has 5 heteroatoms. The molecule has 0 aliphatic carbocycles. The van der Waals surface area contributed by atoms with Gasteiger partial charge in [-0.2, -0.15) is 0 Å². The quantitative estimate of drug-likeness (QED) is 0.283.